The third-order valence-electron chi connectivity index (χ3n) is 4.09. The molecule has 0 saturated heterocycles. The van der Waals surface area contributed by atoms with Gasteiger partial charge in [0.1, 0.15) is 0 Å². The first-order chi connectivity index (χ1) is 12.8. The Morgan fingerprint density at radius 1 is 0.885 bits per heavy atom. The molecule has 5 heteroatoms. The third kappa shape index (κ3) is 3.98. The van der Waals surface area contributed by atoms with E-state index in [9.17, 15) is 0 Å². The number of thiophene rings is 1. The summed E-state index contributed by atoms with van der Waals surface area (Å²) in [5, 5.41) is 5.04. The fourth-order valence-corrected chi connectivity index (χ4v) is 4.67. The number of hydrogen-bond acceptors (Lipinski definition) is 3. The van der Waals surface area contributed by atoms with Crippen molar-refractivity contribution in [3.8, 4) is 10.6 Å². The Morgan fingerprint density at radius 2 is 1.69 bits per heavy atom. The Kier molecular flexibility index (Phi) is 5.34. The van der Waals surface area contributed by atoms with Crippen LogP contribution in [0, 0.1) is 0 Å². The van der Waals surface area contributed by atoms with E-state index in [0.717, 1.165) is 28.5 Å². The van der Waals surface area contributed by atoms with Gasteiger partial charge in [0.25, 0.3) is 0 Å². The van der Waals surface area contributed by atoms with Gasteiger partial charge in [-0.05, 0) is 47.7 Å². The fraction of sp³-hybridized carbons (Fsp3) is 0.0952. The Hall–Kier alpha value is -2.14. The van der Waals surface area contributed by atoms with Crippen molar-refractivity contribution in [1.29, 1.82) is 0 Å². The van der Waals surface area contributed by atoms with Gasteiger partial charge in [-0.15, -0.1) is 22.7 Å². The largest absolute Gasteiger partial charge is 0.315 e. The lowest BCUT2D eigenvalue weighted by Gasteiger charge is -2.08. The molecule has 130 valence electrons. The van der Waals surface area contributed by atoms with Gasteiger partial charge in [-0.3, -0.25) is 0 Å². The summed E-state index contributed by atoms with van der Waals surface area (Å²) in [7, 11) is 0. The number of benzene rings is 2. The molecule has 0 aliphatic rings. The van der Waals surface area contributed by atoms with Crippen LogP contribution in [0.5, 0.6) is 0 Å². The van der Waals surface area contributed by atoms with Crippen LogP contribution in [0.25, 0.3) is 10.6 Å². The Bertz CT molecular complexity index is 1030. The number of aromatic nitrogens is 1. The molecule has 0 unspecified atom stereocenters. The minimum Gasteiger partial charge on any atom is -0.315 e. The van der Waals surface area contributed by atoms with E-state index >= 15 is 0 Å². The van der Waals surface area contributed by atoms with Crippen LogP contribution < -0.4 is 4.80 Å². The highest BCUT2D eigenvalue weighted by Gasteiger charge is 2.09. The van der Waals surface area contributed by atoms with Crippen LogP contribution in [-0.2, 0) is 13.0 Å². The number of aryl methyl sites for hydroxylation is 1. The first-order valence-corrected chi connectivity index (χ1v) is 10.5. The van der Waals surface area contributed by atoms with E-state index < -0.39 is 0 Å². The van der Waals surface area contributed by atoms with Gasteiger partial charge in [0.15, 0.2) is 4.80 Å². The van der Waals surface area contributed by atoms with Gasteiger partial charge >= 0.3 is 0 Å². The van der Waals surface area contributed by atoms with Crippen molar-refractivity contribution in [3.63, 3.8) is 0 Å². The lowest BCUT2D eigenvalue weighted by Crippen LogP contribution is -2.17. The number of halogens is 1. The quantitative estimate of drug-likeness (QED) is 0.371. The summed E-state index contributed by atoms with van der Waals surface area (Å²) in [5.41, 5.74) is 3.48. The molecule has 0 fully saturated rings. The van der Waals surface area contributed by atoms with Crippen LogP contribution in [0.4, 0.5) is 5.69 Å². The molecule has 0 N–H and O–H groups in total. The zero-order valence-electron chi connectivity index (χ0n) is 14.0. The second-order valence-electron chi connectivity index (χ2n) is 5.86. The molecule has 2 nitrogen and oxygen atoms in total. The Balaban J connectivity index is 1.73. The van der Waals surface area contributed by atoms with Crippen molar-refractivity contribution in [2.24, 2.45) is 4.99 Å². The molecular formula is C21H17ClN2S2. The van der Waals surface area contributed by atoms with E-state index in [4.69, 9.17) is 16.6 Å². The minimum absolute atomic E-state index is 0.728. The molecule has 0 radical (unpaired) electrons. The Labute approximate surface area is 165 Å². The van der Waals surface area contributed by atoms with Gasteiger partial charge in [0, 0.05) is 16.9 Å². The molecule has 2 aromatic heterocycles. The Morgan fingerprint density at radius 3 is 2.42 bits per heavy atom. The highest BCUT2D eigenvalue weighted by molar-refractivity contribution is 7.14. The summed E-state index contributed by atoms with van der Waals surface area (Å²) in [5.74, 6) is 0. The van der Waals surface area contributed by atoms with Crippen molar-refractivity contribution in [3.05, 3.63) is 92.9 Å². The lowest BCUT2D eigenvalue weighted by molar-refractivity contribution is 0.685. The zero-order chi connectivity index (χ0) is 17.8. The first kappa shape index (κ1) is 17.3. The van der Waals surface area contributed by atoms with Crippen LogP contribution >= 0.6 is 34.3 Å². The maximum Gasteiger partial charge on any atom is 0.190 e. The summed E-state index contributed by atoms with van der Waals surface area (Å²) < 4.78 is 2.32. The van der Waals surface area contributed by atoms with Crippen molar-refractivity contribution >= 4 is 40.0 Å². The number of nitrogens with zero attached hydrogens (tertiary/aromatic N) is 2. The zero-order valence-corrected chi connectivity index (χ0v) is 16.4. The SMILES string of the molecule is Clc1ccc(N=c2scc(-c3cccs3)n2CCc2ccccc2)cc1. The summed E-state index contributed by atoms with van der Waals surface area (Å²) >= 11 is 9.43. The van der Waals surface area contributed by atoms with Gasteiger partial charge in [-0.2, -0.15) is 0 Å². The first-order valence-electron chi connectivity index (χ1n) is 8.36. The average molecular weight is 397 g/mol. The second kappa shape index (κ2) is 8.04. The van der Waals surface area contributed by atoms with E-state index in [1.54, 1.807) is 22.7 Å². The molecule has 0 aliphatic carbocycles. The lowest BCUT2D eigenvalue weighted by atomic mass is 10.1. The van der Waals surface area contributed by atoms with Crippen molar-refractivity contribution in [2.45, 2.75) is 13.0 Å². The minimum atomic E-state index is 0.728. The van der Waals surface area contributed by atoms with Crippen LogP contribution in [0.2, 0.25) is 5.02 Å². The average Bonchev–Trinajstić information content (AvgIpc) is 3.32. The topological polar surface area (TPSA) is 17.3 Å². The van der Waals surface area contributed by atoms with Gasteiger partial charge in [0.05, 0.1) is 16.3 Å². The van der Waals surface area contributed by atoms with Crippen LogP contribution in [-0.4, -0.2) is 4.57 Å². The highest BCUT2D eigenvalue weighted by Crippen LogP contribution is 2.26. The second-order valence-corrected chi connectivity index (χ2v) is 8.08. The molecule has 0 amide bonds. The monoisotopic (exact) mass is 396 g/mol. The maximum atomic E-state index is 5.99. The summed E-state index contributed by atoms with van der Waals surface area (Å²) in [6.07, 6.45) is 0.976. The highest BCUT2D eigenvalue weighted by atomic mass is 35.5. The van der Waals surface area contributed by atoms with Crippen molar-refractivity contribution in [2.75, 3.05) is 0 Å². The molecule has 4 rings (SSSR count). The van der Waals surface area contributed by atoms with E-state index in [0.29, 0.717) is 0 Å². The predicted molar refractivity (Wildman–Crippen MR) is 112 cm³/mol. The van der Waals surface area contributed by atoms with Crippen molar-refractivity contribution in [1.82, 2.24) is 4.57 Å². The maximum absolute atomic E-state index is 5.99. The predicted octanol–water partition coefficient (Wildman–Crippen LogP) is 6.41. The summed E-state index contributed by atoms with van der Waals surface area (Å²) in [6, 6.07) is 22.5. The summed E-state index contributed by atoms with van der Waals surface area (Å²) in [6.45, 7) is 0.896. The van der Waals surface area contributed by atoms with Gasteiger partial charge in [-0.1, -0.05) is 48.0 Å². The smallest absolute Gasteiger partial charge is 0.190 e. The molecule has 26 heavy (non-hydrogen) atoms. The molecule has 2 aromatic carbocycles. The summed E-state index contributed by atoms with van der Waals surface area (Å²) in [4.78, 5) is 7.13. The fourth-order valence-electron chi connectivity index (χ4n) is 2.77. The molecular weight excluding hydrogens is 380 g/mol. The number of hydrogen-bond donors (Lipinski definition) is 0. The molecule has 0 spiro atoms. The molecule has 4 aromatic rings. The van der Waals surface area contributed by atoms with E-state index in [2.05, 4.69) is 57.8 Å². The standard InChI is InChI=1S/C21H17ClN2S2/c22-17-8-10-18(11-9-17)23-21-24(13-12-16-5-2-1-3-6-16)19(15-26-21)20-7-4-14-25-20/h1-11,14-15H,12-13H2. The third-order valence-corrected chi connectivity index (χ3v) is 6.10. The van der Waals surface area contributed by atoms with Gasteiger partial charge < -0.3 is 4.57 Å². The molecule has 0 saturated carbocycles. The van der Waals surface area contributed by atoms with Crippen molar-refractivity contribution < 1.29 is 0 Å². The molecule has 2 heterocycles. The van der Waals surface area contributed by atoms with Crippen LogP contribution in [0.15, 0.2) is 82.5 Å². The molecule has 0 atom stereocenters. The van der Waals surface area contributed by atoms with Gasteiger partial charge in [0.2, 0.25) is 0 Å². The van der Waals surface area contributed by atoms with E-state index in [1.165, 1.54) is 16.1 Å². The molecule has 0 aliphatic heterocycles. The van der Waals surface area contributed by atoms with Crippen LogP contribution in [0.3, 0.4) is 0 Å². The van der Waals surface area contributed by atoms with Gasteiger partial charge in [-0.25, -0.2) is 4.99 Å². The van der Waals surface area contributed by atoms with E-state index in [1.807, 2.05) is 24.3 Å². The normalized spacial score (nSPS) is 11.8. The van der Waals surface area contributed by atoms with Crippen LogP contribution in [0.1, 0.15) is 5.56 Å². The number of rotatable bonds is 5. The number of thiazole rings is 1. The molecule has 0 bridgehead atoms. The van der Waals surface area contributed by atoms with E-state index in [-0.39, 0.29) is 0 Å².